The molecule has 9 rings (SSSR count). The Morgan fingerprint density at radius 3 is 1.25 bits per heavy atom. The minimum Gasteiger partial charge on any atom is -0.501 e. The molecule has 3 aromatic heterocycles. The monoisotopic (exact) mass is 907 g/mol. The fraction of sp³-hybridized carbons (Fsp3) is 0.214. The minimum atomic E-state index is 0. The van der Waals surface area contributed by atoms with Crippen LogP contribution in [-0.4, -0.2) is 51.0 Å². The molecule has 0 bridgehead atoms. The van der Waals surface area contributed by atoms with Gasteiger partial charge in [-0.25, -0.2) is 29.9 Å². The van der Waals surface area contributed by atoms with Crippen LogP contribution in [0, 0.1) is 79.7 Å². The zero-order chi connectivity index (χ0) is 38.1. The van der Waals surface area contributed by atoms with Crippen LogP contribution < -0.4 is 29.4 Å². The van der Waals surface area contributed by atoms with Gasteiger partial charge in [-0.1, -0.05) is 20.8 Å². The maximum atomic E-state index is 4.55. The molecule has 0 N–H and O–H groups in total. The van der Waals surface area contributed by atoms with E-state index in [9.17, 15) is 0 Å². The average Bonchev–Trinajstić information content (AvgIpc) is 3.78. The molecule has 3 aliphatic heterocycles. The number of hydrogen-bond donors (Lipinski definition) is 0. The second-order valence-electron chi connectivity index (χ2n) is 13.5. The zero-order valence-electron chi connectivity index (χ0n) is 32.4. The maximum Gasteiger partial charge on any atom is 0.144 e. The first-order chi connectivity index (χ1) is 25.9. The van der Waals surface area contributed by atoms with Crippen LogP contribution in [0.3, 0.4) is 0 Å². The molecule has 6 heterocycles. The molecule has 285 valence electrons. The van der Waals surface area contributed by atoms with Gasteiger partial charge in [0.25, 0.3) is 0 Å². The van der Waals surface area contributed by atoms with E-state index in [1.54, 1.807) is 12.4 Å². The first kappa shape index (κ1) is 39.1. The van der Waals surface area contributed by atoms with Crippen LogP contribution >= 0.6 is 0 Å². The van der Waals surface area contributed by atoms with Gasteiger partial charge in [0.05, 0.1) is 35.7 Å². The van der Waals surface area contributed by atoms with Gasteiger partial charge < -0.3 is 29.4 Å². The Hall–Kier alpha value is -5.65. The van der Waals surface area contributed by atoms with Gasteiger partial charge in [0.15, 0.2) is 0 Å². The molecule has 0 saturated carbocycles. The van der Waals surface area contributed by atoms with Gasteiger partial charge in [-0.3, -0.25) is 0 Å². The maximum absolute atomic E-state index is 4.55. The van der Waals surface area contributed by atoms with E-state index in [0.717, 1.165) is 69.1 Å². The summed E-state index contributed by atoms with van der Waals surface area (Å²) in [4.78, 5) is 38.7. The molecule has 0 saturated heterocycles. The number of rotatable bonds is 3. The normalized spacial score (nSPS) is 13.7. The number of aryl methyl sites for hydroxylation is 6. The summed E-state index contributed by atoms with van der Waals surface area (Å²) in [5, 5.41) is 0. The van der Waals surface area contributed by atoms with Crippen LogP contribution in [0.1, 0.15) is 33.9 Å². The van der Waals surface area contributed by atoms with Crippen LogP contribution in [0.15, 0.2) is 73.2 Å². The second kappa shape index (κ2) is 16.4. The molecular weight excluding hydrogens is 865 g/mol. The number of anilines is 9. The summed E-state index contributed by atoms with van der Waals surface area (Å²) in [6.45, 7) is 17.9. The third-order valence-corrected chi connectivity index (χ3v) is 8.82. The molecule has 12 nitrogen and oxygen atoms in total. The molecule has 0 fully saturated rings. The minimum absolute atomic E-state index is 0. The van der Waals surface area contributed by atoms with Crippen molar-refractivity contribution in [2.45, 2.75) is 41.5 Å². The van der Waals surface area contributed by atoms with Crippen LogP contribution in [0.25, 0.3) is 0 Å². The summed E-state index contributed by atoms with van der Waals surface area (Å²) in [6, 6.07) is 28.1. The first-order valence-electron chi connectivity index (χ1n) is 17.5. The average molecular weight is 907 g/mol. The topological polar surface area (TPSA) is 96.8 Å². The molecular formula is C42H42IrN12-6. The SMILES string of the molecule is Cc1c[c-]c(N2[CH-]N(C)c3cnc(C)nc32)cc1.Cc1c[c-]c(N2[CH-]N(C)c3ncc(C)nc32)cc1.Cc1c[c-]c(N2[CH-]N(C)c3ncc(C)nc32)cc1.[Ir]. The van der Waals surface area contributed by atoms with E-state index in [1.165, 1.54) is 16.7 Å². The van der Waals surface area contributed by atoms with Crippen LogP contribution in [0.5, 0.6) is 0 Å². The predicted octanol–water partition coefficient (Wildman–Crippen LogP) is 7.80. The Kier molecular flexibility index (Phi) is 11.6. The summed E-state index contributed by atoms with van der Waals surface area (Å²) >= 11 is 0. The van der Waals surface area contributed by atoms with E-state index in [0.29, 0.717) is 0 Å². The largest absolute Gasteiger partial charge is 0.501 e. The Labute approximate surface area is 337 Å². The van der Waals surface area contributed by atoms with Crippen molar-refractivity contribution in [2.75, 3.05) is 50.5 Å². The molecule has 0 spiro atoms. The molecule has 55 heavy (non-hydrogen) atoms. The molecule has 13 heteroatoms. The summed E-state index contributed by atoms with van der Waals surface area (Å²) in [5.74, 6) is 5.14. The van der Waals surface area contributed by atoms with Crippen molar-refractivity contribution < 1.29 is 20.1 Å². The number of benzene rings is 3. The van der Waals surface area contributed by atoms with Crippen molar-refractivity contribution in [1.29, 1.82) is 0 Å². The zero-order valence-corrected chi connectivity index (χ0v) is 34.8. The molecule has 0 amide bonds. The quantitative estimate of drug-likeness (QED) is 0.162. The number of aromatic nitrogens is 6. The van der Waals surface area contributed by atoms with Crippen molar-refractivity contribution >= 4 is 51.8 Å². The van der Waals surface area contributed by atoms with E-state index in [-0.39, 0.29) is 20.1 Å². The Bertz CT molecular complexity index is 1990. The number of nitrogens with zero attached hydrogens (tertiary/aromatic N) is 12. The van der Waals surface area contributed by atoms with E-state index in [2.05, 4.69) is 87.1 Å². The molecule has 0 atom stereocenters. The van der Waals surface area contributed by atoms with E-state index >= 15 is 0 Å². The molecule has 0 aliphatic carbocycles. The summed E-state index contributed by atoms with van der Waals surface area (Å²) < 4.78 is 0. The third-order valence-electron chi connectivity index (χ3n) is 8.82. The predicted molar refractivity (Wildman–Crippen MR) is 215 cm³/mol. The smallest absolute Gasteiger partial charge is 0.144 e. The number of hydrogen-bond acceptors (Lipinski definition) is 12. The van der Waals surface area contributed by atoms with Crippen LogP contribution in [0.4, 0.5) is 51.8 Å². The van der Waals surface area contributed by atoms with Gasteiger partial charge in [0.1, 0.15) is 34.9 Å². The van der Waals surface area contributed by atoms with Crippen molar-refractivity contribution in [3.05, 3.63) is 145 Å². The van der Waals surface area contributed by atoms with Gasteiger partial charge in [0.2, 0.25) is 0 Å². The Morgan fingerprint density at radius 1 is 0.455 bits per heavy atom. The Morgan fingerprint density at radius 2 is 0.855 bits per heavy atom. The van der Waals surface area contributed by atoms with E-state index in [4.69, 9.17) is 0 Å². The van der Waals surface area contributed by atoms with Crippen molar-refractivity contribution in [1.82, 2.24) is 29.9 Å². The van der Waals surface area contributed by atoms with Crippen LogP contribution in [-0.2, 0) is 20.1 Å². The van der Waals surface area contributed by atoms with E-state index < -0.39 is 0 Å². The Balaban J connectivity index is 0.000000139. The fourth-order valence-corrected chi connectivity index (χ4v) is 5.93. The fourth-order valence-electron chi connectivity index (χ4n) is 5.93. The second-order valence-corrected chi connectivity index (χ2v) is 13.5. The van der Waals surface area contributed by atoms with Crippen LogP contribution in [0.2, 0.25) is 0 Å². The van der Waals surface area contributed by atoms with Gasteiger partial charge in [-0.2, -0.15) is 78.0 Å². The molecule has 0 unspecified atom stereocenters. The summed E-state index contributed by atoms with van der Waals surface area (Å²) in [5.41, 5.74) is 9.37. The van der Waals surface area contributed by atoms with Crippen molar-refractivity contribution in [3.8, 4) is 0 Å². The molecule has 6 aromatic rings. The van der Waals surface area contributed by atoms with Gasteiger partial charge in [-0.05, 0) is 41.9 Å². The third kappa shape index (κ3) is 8.38. The van der Waals surface area contributed by atoms with Gasteiger partial charge >= 0.3 is 0 Å². The molecule has 1 radical (unpaired) electrons. The van der Waals surface area contributed by atoms with Gasteiger partial charge in [0, 0.05) is 20.1 Å². The first-order valence-corrected chi connectivity index (χ1v) is 17.5. The van der Waals surface area contributed by atoms with Crippen molar-refractivity contribution in [2.24, 2.45) is 0 Å². The molecule has 3 aromatic carbocycles. The number of fused-ring (bicyclic) bond motifs is 3. The summed E-state index contributed by atoms with van der Waals surface area (Å²) in [6.07, 6.45) is 5.42. The van der Waals surface area contributed by atoms with Gasteiger partial charge in [-0.15, -0.1) is 48.6 Å². The van der Waals surface area contributed by atoms with Crippen molar-refractivity contribution in [3.63, 3.8) is 0 Å². The molecule has 3 aliphatic rings. The summed E-state index contributed by atoms with van der Waals surface area (Å²) in [7, 11) is 5.93. The van der Waals surface area contributed by atoms with E-state index in [1.807, 2.05) is 134 Å². The standard InChI is InChI=1S/3C14H14N4.Ir/c1-10-4-6-12(7-5-10)18-9-17(3)13-8-15-11(2)16-14(13)18;2*1-10-4-6-12(7-5-10)18-9-17(3)13-14(18)16-11(2)8-15-13;/h3*4-6,8-9H,1-3H3;/q3*-2;.